The molecule has 2 aromatic rings. The van der Waals surface area contributed by atoms with Gasteiger partial charge in [-0.3, -0.25) is 0 Å². The molecule has 0 atom stereocenters. The van der Waals surface area contributed by atoms with Gasteiger partial charge in [-0.25, -0.2) is 0 Å². The van der Waals surface area contributed by atoms with E-state index in [1.807, 2.05) is 86.7 Å². The van der Waals surface area contributed by atoms with Gasteiger partial charge >= 0.3 is 0 Å². The molecule has 0 N–H and O–H groups in total. The third-order valence-corrected chi connectivity index (χ3v) is 1.70. The van der Waals surface area contributed by atoms with Crippen molar-refractivity contribution in [2.45, 2.75) is 13.8 Å². The first kappa shape index (κ1) is 20.0. The van der Waals surface area contributed by atoms with Crippen molar-refractivity contribution in [3.05, 3.63) is 104 Å². The van der Waals surface area contributed by atoms with Crippen LogP contribution in [0.4, 0.5) is 0 Å². The summed E-state index contributed by atoms with van der Waals surface area (Å²) in [5.41, 5.74) is 1.17. The Hall–Kier alpha value is -2.34. The van der Waals surface area contributed by atoms with Gasteiger partial charge in [-0.15, -0.1) is 13.2 Å². The Morgan fingerprint density at radius 2 is 0.850 bits per heavy atom. The smallest absolute Gasteiger partial charge is 0.0263 e. The van der Waals surface area contributed by atoms with E-state index in [-0.39, 0.29) is 0 Å². The molecule has 0 heterocycles. The molecule has 0 bridgehead atoms. The highest BCUT2D eigenvalue weighted by Crippen LogP contribution is 1.97. The van der Waals surface area contributed by atoms with E-state index in [1.54, 1.807) is 12.2 Å². The van der Waals surface area contributed by atoms with E-state index in [1.165, 1.54) is 5.56 Å². The molecule has 2 aromatic carbocycles. The molecule has 0 saturated heterocycles. The van der Waals surface area contributed by atoms with Crippen molar-refractivity contribution in [2.24, 2.45) is 0 Å². The molecule has 0 aliphatic carbocycles. The summed E-state index contributed by atoms with van der Waals surface area (Å²) in [5, 5.41) is 0. The van der Waals surface area contributed by atoms with Gasteiger partial charge in [0.25, 0.3) is 0 Å². The maximum absolute atomic E-state index is 3.63. The van der Waals surface area contributed by atoms with Gasteiger partial charge in [0.15, 0.2) is 0 Å². The summed E-state index contributed by atoms with van der Waals surface area (Å²) >= 11 is 0. The zero-order valence-corrected chi connectivity index (χ0v) is 12.7. The Bertz CT molecular complexity index is 380. The molecule has 0 amide bonds. The van der Waals surface area contributed by atoms with Gasteiger partial charge in [-0.2, -0.15) is 0 Å². The maximum Gasteiger partial charge on any atom is -0.0263 e. The Morgan fingerprint density at radius 1 is 0.600 bits per heavy atom. The zero-order chi connectivity index (χ0) is 15.5. The van der Waals surface area contributed by atoms with Crippen LogP contribution in [0.3, 0.4) is 0 Å². The van der Waals surface area contributed by atoms with Crippen LogP contribution in [0.15, 0.2) is 98.6 Å². The second-order valence-corrected chi connectivity index (χ2v) is 3.59. The summed E-state index contributed by atoms with van der Waals surface area (Å²) in [6, 6.07) is 22.0. The Morgan fingerprint density at radius 3 is 1.05 bits per heavy atom. The van der Waals surface area contributed by atoms with Crippen LogP contribution in [-0.4, -0.2) is 0 Å². The molecule has 2 rings (SSSR count). The lowest BCUT2D eigenvalue weighted by molar-refractivity contribution is 1.67. The van der Waals surface area contributed by atoms with Gasteiger partial charge in [0.05, 0.1) is 0 Å². The monoisotopic (exact) mass is 266 g/mol. The average Bonchev–Trinajstić information content (AvgIpc) is 2.52. The first-order valence-electron chi connectivity index (χ1n) is 6.58. The molecule has 106 valence electrons. The highest BCUT2D eigenvalue weighted by Gasteiger charge is 1.75. The van der Waals surface area contributed by atoms with Gasteiger partial charge in [0.2, 0.25) is 0 Å². The van der Waals surface area contributed by atoms with Crippen LogP contribution in [0.25, 0.3) is 6.08 Å². The van der Waals surface area contributed by atoms with E-state index >= 15 is 0 Å². The predicted molar refractivity (Wildman–Crippen MR) is 94.7 cm³/mol. The number of rotatable bonds is 1. The lowest BCUT2D eigenvalue weighted by Gasteiger charge is -1.85. The molecule has 0 unspecified atom stereocenters. The van der Waals surface area contributed by atoms with E-state index in [4.69, 9.17) is 0 Å². The van der Waals surface area contributed by atoms with E-state index < -0.39 is 0 Å². The minimum Gasteiger partial charge on any atom is -0.103 e. The van der Waals surface area contributed by atoms with E-state index in [0.29, 0.717) is 0 Å². The molecule has 0 spiro atoms. The first-order chi connectivity index (χ1) is 9.76. The van der Waals surface area contributed by atoms with Crippen molar-refractivity contribution in [3.8, 4) is 0 Å². The Labute approximate surface area is 124 Å². The van der Waals surface area contributed by atoms with Gasteiger partial charge in [0, 0.05) is 0 Å². The molecule has 0 radical (unpaired) electrons. The summed E-state index contributed by atoms with van der Waals surface area (Å²) < 4.78 is 0. The largest absolute Gasteiger partial charge is 0.103 e. The summed E-state index contributed by atoms with van der Waals surface area (Å²) in [6.45, 7) is 14.1. The number of allylic oxidation sites excluding steroid dienone is 2. The molecule has 0 aliphatic heterocycles. The Kier molecular flexibility index (Phi) is 19.0. The van der Waals surface area contributed by atoms with Crippen LogP contribution in [0.1, 0.15) is 19.4 Å². The molecule has 0 heteroatoms. The van der Waals surface area contributed by atoms with E-state index in [0.717, 1.165) is 0 Å². The number of hydrogen-bond donors (Lipinski definition) is 0. The third kappa shape index (κ3) is 18.0. The highest BCUT2D eigenvalue weighted by atomic mass is 13.8. The Balaban J connectivity index is 0. The average molecular weight is 266 g/mol. The SMILES string of the molecule is C=CC.C=CC.C=Cc1ccccc1.c1ccccc1. The lowest BCUT2D eigenvalue weighted by Crippen LogP contribution is -1.63. The molecule has 0 nitrogen and oxygen atoms in total. The molecule has 0 fully saturated rings. The van der Waals surface area contributed by atoms with Gasteiger partial charge < -0.3 is 0 Å². The van der Waals surface area contributed by atoms with Crippen LogP contribution >= 0.6 is 0 Å². The van der Waals surface area contributed by atoms with E-state index in [2.05, 4.69) is 19.7 Å². The predicted octanol–water partition coefficient (Wildman–Crippen LogP) is 6.40. The van der Waals surface area contributed by atoms with Crippen molar-refractivity contribution in [3.63, 3.8) is 0 Å². The van der Waals surface area contributed by atoms with Crippen molar-refractivity contribution in [1.29, 1.82) is 0 Å². The molecular weight excluding hydrogens is 240 g/mol. The fraction of sp³-hybridized carbons (Fsp3) is 0.100. The van der Waals surface area contributed by atoms with Gasteiger partial charge in [0.1, 0.15) is 0 Å². The molecule has 0 aliphatic rings. The lowest BCUT2D eigenvalue weighted by atomic mass is 10.2. The maximum atomic E-state index is 3.63. The molecule has 0 saturated carbocycles. The highest BCUT2D eigenvalue weighted by molar-refractivity contribution is 5.45. The number of benzene rings is 2. The molecule has 20 heavy (non-hydrogen) atoms. The third-order valence-electron chi connectivity index (χ3n) is 1.70. The number of hydrogen-bond acceptors (Lipinski definition) is 0. The van der Waals surface area contributed by atoms with Crippen molar-refractivity contribution in [2.75, 3.05) is 0 Å². The van der Waals surface area contributed by atoms with Crippen LogP contribution in [0.5, 0.6) is 0 Å². The van der Waals surface area contributed by atoms with Crippen LogP contribution in [-0.2, 0) is 0 Å². The van der Waals surface area contributed by atoms with Gasteiger partial charge in [-0.05, 0) is 19.4 Å². The second-order valence-electron chi connectivity index (χ2n) is 3.59. The van der Waals surface area contributed by atoms with Crippen LogP contribution in [0, 0.1) is 0 Å². The minimum atomic E-state index is 1.17. The molecular formula is C20H26. The quantitative estimate of drug-likeness (QED) is 0.524. The minimum absolute atomic E-state index is 1.17. The van der Waals surface area contributed by atoms with Crippen molar-refractivity contribution < 1.29 is 0 Å². The topological polar surface area (TPSA) is 0 Å². The van der Waals surface area contributed by atoms with Crippen LogP contribution in [0.2, 0.25) is 0 Å². The van der Waals surface area contributed by atoms with Gasteiger partial charge in [-0.1, -0.05) is 91.5 Å². The standard InChI is InChI=1S/C8H8.C6H6.2C3H6/c1-2-8-6-4-3-5-7-8;1-2-4-6-5-3-1;2*1-3-2/h2-7H,1H2;1-6H;2*3H,1H2,2H3. The zero-order valence-electron chi connectivity index (χ0n) is 12.7. The van der Waals surface area contributed by atoms with E-state index in [9.17, 15) is 0 Å². The first-order valence-corrected chi connectivity index (χ1v) is 6.58. The van der Waals surface area contributed by atoms with Crippen LogP contribution < -0.4 is 0 Å². The summed E-state index contributed by atoms with van der Waals surface area (Å²) in [6.07, 6.45) is 5.33. The second kappa shape index (κ2) is 19.0. The fourth-order valence-corrected chi connectivity index (χ4v) is 0.974. The summed E-state index contributed by atoms with van der Waals surface area (Å²) in [4.78, 5) is 0. The fourth-order valence-electron chi connectivity index (χ4n) is 0.974. The summed E-state index contributed by atoms with van der Waals surface area (Å²) in [5.74, 6) is 0. The molecule has 0 aromatic heterocycles. The summed E-state index contributed by atoms with van der Waals surface area (Å²) in [7, 11) is 0. The van der Waals surface area contributed by atoms with Crippen molar-refractivity contribution in [1.82, 2.24) is 0 Å². The normalized spacial score (nSPS) is 7.10. The van der Waals surface area contributed by atoms with Crippen molar-refractivity contribution >= 4 is 6.08 Å².